The molecular formula is C16H23ClFNO2S. The molecule has 1 atom stereocenters. The smallest absolute Gasteiger partial charge is 0.130 e. The maximum absolute atomic E-state index is 14.0. The van der Waals surface area contributed by atoms with Crippen LogP contribution in [0.2, 0.25) is 0 Å². The highest BCUT2D eigenvalue weighted by Crippen LogP contribution is 2.27. The van der Waals surface area contributed by atoms with Crippen LogP contribution in [0.5, 0.6) is 0 Å². The van der Waals surface area contributed by atoms with Crippen molar-refractivity contribution in [2.24, 2.45) is 0 Å². The molecule has 0 unspecified atom stereocenters. The van der Waals surface area contributed by atoms with E-state index in [-0.39, 0.29) is 24.8 Å². The minimum absolute atomic E-state index is 0. The molecule has 2 aromatic rings. The van der Waals surface area contributed by atoms with Crippen LogP contribution in [-0.2, 0) is 4.74 Å². The largest absolute Gasteiger partial charge is 0.386 e. The van der Waals surface area contributed by atoms with Gasteiger partial charge < -0.3 is 14.7 Å². The molecule has 22 heavy (non-hydrogen) atoms. The van der Waals surface area contributed by atoms with Crippen molar-refractivity contribution in [3.8, 4) is 0 Å². The molecule has 3 nitrogen and oxygen atoms in total. The normalized spacial score (nSPS) is 12.6. The van der Waals surface area contributed by atoms with Crippen molar-refractivity contribution in [1.82, 2.24) is 4.90 Å². The van der Waals surface area contributed by atoms with E-state index in [1.165, 1.54) is 17.4 Å². The van der Waals surface area contributed by atoms with Crippen molar-refractivity contribution in [3.05, 3.63) is 35.0 Å². The van der Waals surface area contributed by atoms with Crippen molar-refractivity contribution in [1.29, 1.82) is 0 Å². The van der Waals surface area contributed by atoms with Gasteiger partial charge in [0.2, 0.25) is 0 Å². The Balaban J connectivity index is 0.00000242. The van der Waals surface area contributed by atoms with Gasteiger partial charge in [-0.2, -0.15) is 0 Å². The van der Waals surface area contributed by atoms with E-state index in [0.717, 1.165) is 29.7 Å². The summed E-state index contributed by atoms with van der Waals surface area (Å²) in [6, 6.07) is 5.12. The predicted molar refractivity (Wildman–Crippen MR) is 92.6 cm³/mol. The average molecular weight is 348 g/mol. The van der Waals surface area contributed by atoms with Crippen LogP contribution in [0.3, 0.4) is 0 Å². The van der Waals surface area contributed by atoms with Crippen LogP contribution >= 0.6 is 23.7 Å². The number of hydrogen-bond donors (Lipinski definition) is 1. The predicted octanol–water partition coefficient (Wildman–Crippen LogP) is 3.85. The van der Waals surface area contributed by atoms with Gasteiger partial charge in [0.25, 0.3) is 0 Å². The van der Waals surface area contributed by atoms with E-state index in [0.29, 0.717) is 12.2 Å². The van der Waals surface area contributed by atoms with Crippen LogP contribution in [0, 0.1) is 5.82 Å². The van der Waals surface area contributed by atoms with Gasteiger partial charge in [0, 0.05) is 16.8 Å². The first-order valence-corrected chi connectivity index (χ1v) is 8.18. The lowest BCUT2D eigenvalue weighted by Crippen LogP contribution is -2.27. The summed E-state index contributed by atoms with van der Waals surface area (Å²) in [6.45, 7) is 7.64. The molecule has 1 N–H and O–H groups in total. The fourth-order valence-corrected chi connectivity index (χ4v) is 3.07. The molecule has 0 aliphatic rings. The molecular weight excluding hydrogens is 325 g/mol. The topological polar surface area (TPSA) is 32.7 Å². The molecule has 2 rings (SSSR count). The van der Waals surface area contributed by atoms with Crippen LogP contribution < -0.4 is 0 Å². The third kappa shape index (κ3) is 4.89. The van der Waals surface area contributed by atoms with Crippen molar-refractivity contribution < 1.29 is 14.2 Å². The van der Waals surface area contributed by atoms with E-state index in [4.69, 9.17) is 4.74 Å². The van der Waals surface area contributed by atoms with E-state index in [2.05, 4.69) is 18.7 Å². The van der Waals surface area contributed by atoms with Crippen LogP contribution in [0.4, 0.5) is 4.39 Å². The SMILES string of the molecule is CCN(CC)CCOC[C@H](O)c1cc2ccsc2cc1F.Cl. The highest BCUT2D eigenvalue weighted by molar-refractivity contribution is 7.17. The Bertz CT molecular complexity index is 574. The first-order valence-electron chi connectivity index (χ1n) is 7.30. The molecule has 0 amide bonds. The zero-order chi connectivity index (χ0) is 15.2. The quantitative estimate of drug-likeness (QED) is 0.736. The molecule has 124 valence electrons. The van der Waals surface area contributed by atoms with Gasteiger partial charge in [-0.25, -0.2) is 4.39 Å². The Morgan fingerprint density at radius 1 is 1.32 bits per heavy atom. The van der Waals surface area contributed by atoms with Gasteiger partial charge >= 0.3 is 0 Å². The summed E-state index contributed by atoms with van der Waals surface area (Å²) in [4.78, 5) is 2.24. The molecule has 6 heteroatoms. The third-order valence-corrected chi connectivity index (χ3v) is 4.53. The summed E-state index contributed by atoms with van der Waals surface area (Å²) < 4.78 is 20.3. The molecule has 0 saturated heterocycles. The van der Waals surface area contributed by atoms with Gasteiger partial charge in [0.1, 0.15) is 11.9 Å². The second-order valence-electron chi connectivity index (χ2n) is 4.95. The molecule has 1 aromatic heterocycles. The van der Waals surface area contributed by atoms with Gasteiger partial charge in [0.15, 0.2) is 0 Å². The zero-order valence-corrected chi connectivity index (χ0v) is 14.6. The van der Waals surface area contributed by atoms with Crippen molar-refractivity contribution >= 4 is 33.8 Å². The second kappa shape index (κ2) is 9.43. The summed E-state index contributed by atoms with van der Waals surface area (Å²) in [5.74, 6) is -0.371. The van der Waals surface area contributed by atoms with E-state index < -0.39 is 6.10 Å². The molecule has 0 radical (unpaired) electrons. The Morgan fingerprint density at radius 2 is 2.05 bits per heavy atom. The Morgan fingerprint density at radius 3 is 2.73 bits per heavy atom. The number of aliphatic hydroxyl groups excluding tert-OH is 1. The van der Waals surface area contributed by atoms with E-state index >= 15 is 0 Å². The Hall–Kier alpha value is -0.720. The van der Waals surface area contributed by atoms with Crippen LogP contribution in [0.1, 0.15) is 25.5 Å². The number of hydrogen-bond acceptors (Lipinski definition) is 4. The van der Waals surface area contributed by atoms with Crippen LogP contribution in [-0.4, -0.2) is 42.9 Å². The lowest BCUT2D eigenvalue weighted by atomic mass is 10.1. The molecule has 0 aliphatic heterocycles. The number of ether oxygens (including phenoxy) is 1. The van der Waals surface area contributed by atoms with E-state index in [9.17, 15) is 9.50 Å². The monoisotopic (exact) mass is 347 g/mol. The van der Waals surface area contributed by atoms with Crippen LogP contribution in [0.25, 0.3) is 10.1 Å². The van der Waals surface area contributed by atoms with E-state index in [1.54, 1.807) is 6.07 Å². The van der Waals surface area contributed by atoms with Crippen LogP contribution in [0.15, 0.2) is 23.6 Å². The number of nitrogens with zero attached hydrogens (tertiary/aromatic N) is 1. The number of halogens is 2. The lowest BCUT2D eigenvalue weighted by Gasteiger charge is -2.18. The lowest BCUT2D eigenvalue weighted by molar-refractivity contribution is 0.0259. The van der Waals surface area contributed by atoms with Crippen molar-refractivity contribution in [2.75, 3.05) is 32.8 Å². The molecule has 1 heterocycles. The Labute approximate surface area is 141 Å². The van der Waals surface area contributed by atoms with E-state index in [1.807, 2.05) is 11.4 Å². The fourth-order valence-electron chi connectivity index (χ4n) is 2.28. The molecule has 0 spiro atoms. The minimum atomic E-state index is -0.925. The molecule has 0 aliphatic carbocycles. The summed E-state index contributed by atoms with van der Waals surface area (Å²) in [5, 5.41) is 13.0. The number of rotatable bonds is 8. The highest BCUT2D eigenvalue weighted by atomic mass is 35.5. The average Bonchev–Trinajstić information content (AvgIpc) is 2.93. The number of fused-ring (bicyclic) bond motifs is 1. The minimum Gasteiger partial charge on any atom is -0.386 e. The summed E-state index contributed by atoms with van der Waals surface area (Å²) in [6.07, 6.45) is -0.925. The summed E-state index contributed by atoms with van der Waals surface area (Å²) >= 11 is 1.49. The fraction of sp³-hybridized carbons (Fsp3) is 0.500. The number of likely N-dealkylation sites (N-methyl/N-ethyl adjacent to an activating group) is 1. The van der Waals surface area contributed by atoms with Crippen molar-refractivity contribution in [3.63, 3.8) is 0 Å². The first-order chi connectivity index (χ1) is 10.2. The summed E-state index contributed by atoms with van der Waals surface area (Å²) in [5.41, 5.74) is 0.309. The van der Waals surface area contributed by atoms with Gasteiger partial charge in [-0.3, -0.25) is 0 Å². The number of aliphatic hydroxyl groups is 1. The molecule has 0 fully saturated rings. The van der Waals surface area contributed by atoms with Gasteiger partial charge in [-0.15, -0.1) is 23.7 Å². The second-order valence-corrected chi connectivity index (χ2v) is 5.90. The first kappa shape index (κ1) is 19.3. The van der Waals surface area contributed by atoms with Crippen molar-refractivity contribution in [2.45, 2.75) is 20.0 Å². The zero-order valence-electron chi connectivity index (χ0n) is 12.9. The Kier molecular flexibility index (Phi) is 8.28. The third-order valence-electron chi connectivity index (χ3n) is 3.65. The standard InChI is InChI=1S/C16H22FNO2S.ClH/c1-3-18(4-2)6-7-20-11-15(19)13-9-12-5-8-21-16(12)10-14(13)17;/h5,8-10,15,19H,3-4,6-7,11H2,1-2H3;1H/t15-;/m0./s1. The highest BCUT2D eigenvalue weighted by Gasteiger charge is 2.14. The van der Waals surface area contributed by atoms with Gasteiger partial charge in [-0.1, -0.05) is 13.8 Å². The number of benzene rings is 1. The van der Waals surface area contributed by atoms with Gasteiger partial charge in [0.05, 0.1) is 13.2 Å². The van der Waals surface area contributed by atoms with Gasteiger partial charge in [-0.05, 0) is 42.1 Å². The summed E-state index contributed by atoms with van der Waals surface area (Å²) in [7, 11) is 0. The maximum Gasteiger partial charge on any atom is 0.130 e. The maximum atomic E-state index is 14.0. The molecule has 0 bridgehead atoms. The molecule has 1 aromatic carbocycles. The molecule has 0 saturated carbocycles. The number of thiophene rings is 1.